The summed E-state index contributed by atoms with van der Waals surface area (Å²) in [5.41, 5.74) is -2.53. The van der Waals surface area contributed by atoms with Crippen LogP contribution in [0.3, 0.4) is 0 Å². The van der Waals surface area contributed by atoms with Gasteiger partial charge in [0.2, 0.25) is 0 Å². The molecule has 83 heavy (non-hydrogen) atoms. The summed E-state index contributed by atoms with van der Waals surface area (Å²) in [5, 5.41) is 64.5. The first-order valence-electron chi connectivity index (χ1n) is 31.2. The number of aliphatic hydroxyl groups is 5. The van der Waals surface area contributed by atoms with E-state index in [4.69, 9.17) is 28.4 Å². The second-order valence-corrected chi connectivity index (χ2v) is 29.9. The van der Waals surface area contributed by atoms with Crippen molar-refractivity contribution in [3.05, 3.63) is 90.5 Å². The summed E-state index contributed by atoms with van der Waals surface area (Å²) in [6, 6.07) is 30.6. The summed E-state index contributed by atoms with van der Waals surface area (Å²) in [7, 11) is 7.61. The number of carbonyl (C=O) groups is 1. The molecule has 3 aromatic rings. The van der Waals surface area contributed by atoms with Gasteiger partial charge in [0.15, 0.2) is 12.6 Å². The lowest BCUT2D eigenvalue weighted by molar-refractivity contribution is -0.318. The molecule has 16 heteroatoms. The number of cyclic esters (lactones) is 1. The van der Waals surface area contributed by atoms with Gasteiger partial charge in [-0.15, -0.1) is 0 Å². The van der Waals surface area contributed by atoms with E-state index >= 15 is 0 Å². The summed E-state index contributed by atoms with van der Waals surface area (Å²) in [4.78, 5) is 21.4. The van der Waals surface area contributed by atoms with Crippen molar-refractivity contribution < 1.29 is 58.7 Å². The Morgan fingerprint density at radius 2 is 1.35 bits per heavy atom. The van der Waals surface area contributed by atoms with Gasteiger partial charge < -0.3 is 63.8 Å². The molecule has 18 atom stereocenters. The zero-order valence-electron chi connectivity index (χ0n) is 53.2. The third kappa shape index (κ3) is 16.6. The predicted molar refractivity (Wildman–Crippen MR) is 333 cm³/mol. The zero-order valence-corrected chi connectivity index (χ0v) is 54.1. The Morgan fingerprint density at radius 1 is 0.759 bits per heavy atom. The lowest BCUT2D eigenvalue weighted by Crippen LogP contribution is -2.60. The maximum atomic E-state index is 14.9. The van der Waals surface area contributed by atoms with Gasteiger partial charge in [0.25, 0.3) is 0 Å². The molecule has 0 spiro atoms. The summed E-state index contributed by atoms with van der Waals surface area (Å²) < 4.78 is 38.9. The number of benzene rings is 3. The van der Waals surface area contributed by atoms with E-state index < -0.39 is 110 Å². The quantitative estimate of drug-likeness (QED) is 0.0372. The van der Waals surface area contributed by atoms with Crippen molar-refractivity contribution in [2.75, 3.05) is 61.2 Å². The van der Waals surface area contributed by atoms with E-state index in [9.17, 15) is 30.3 Å². The number of esters is 1. The number of aliphatic hydroxyl groups excluding tert-OH is 4. The summed E-state index contributed by atoms with van der Waals surface area (Å²) in [6.45, 7) is 20.2. The molecule has 0 radical (unpaired) electrons. The average Bonchev–Trinajstić information content (AvgIpc) is 2.62. The third-order valence-electron chi connectivity index (χ3n) is 19.0. The Hall–Kier alpha value is -2.96. The van der Waals surface area contributed by atoms with Crippen LogP contribution in [0.2, 0.25) is 0 Å². The highest BCUT2D eigenvalue weighted by Crippen LogP contribution is 2.57. The molecule has 0 aromatic heterocycles. The van der Waals surface area contributed by atoms with Crippen molar-refractivity contribution in [3.63, 3.8) is 0 Å². The lowest BCUT2D eigenvalue weighted by atomic mass is 9.75. The summed E-state index contributed by atoms with van der Waals surface area (Å²) in [5.74, 6) is -2.57. The fraction of sp³-hybridized carbons (Fsp3) is 0.716. The molecule has 3 aromatic carbocycles. The van der Waals surface area contributed by atoms with Gasteiger partial charge in [-0.3, -0.25) is 9.69 Å². The second-order valence-electron chi connectivity index (χ2n) is 26.4. The first-order chi connectivity index (χ1) is 39.3. The van der Waals surface area contributed by atoms with E-state index in [2.05, 4.69) is 116 Å². The van der Waals surface area contributed by atoms with Crippen LogP contribution in [-0.2, 0) is 39.8 Å². The van der Waals surface area contributed by atoms with Crippen molar-refractivity contribution >= 4 is 29.1 Å². The number of methoxy groups -OCH3 is 1. The number of unbranched alkanes of at least 4 members (excludes halogenated alkanes) is 5. The van der Waals surface area contributed by atoms with Crippen LogP contribution in [0, 0.1) is 23.2 Å². The van der Waals surface area contributed by atoms with Crippen LogP contribution in [0.4, 0.5) is 0 Å². The van der Waals surface area contributed by atoms with Crippen LogP contribution in [0.1, 0.15) is 139 Å². The maximum absolute atomic E-state index is 14.9. The van der Waals surface area contributed by atoms with E-state index in [1.807, 2.05) is 46.7 Å². The van der Waals surface area contributed by atoms with Crippen molar-refractivity contribution in [3.8, 4) is 0 Å². The molecule has 3 heterocycles. The van der Waals surface area contributed by atoms with E-state index in [0.29, 0.717) is 25.9 Å². The van der Waals surface area contributed by atoms with E-state index in [0.717, 1.165) is 51.2 Å². The smallest absolute Gasteiger partial charge is 0.311 e. The van der Waals surface area contributed by atoms with Gasteiger partial charge in [0.1, 0.15) is 41.5 Å². The van der Waals surface area contributed by atoms with Gasteiger partial charge in [-0.1, -0.05) is 102 Å². The van der Waals surface area contributed by atoms with Crippen LogP contribution in [0.25, 0.3) is 0 Å². The Labute approximate surface area is 500 Å². The molecule has 0 amide bonds. The molecule has 0 bridgehead atoms. The van der Waals surface area contributed by atoms with Crippen molar-refractivity contribution in [2.24, 2.45) is 23.2 Å². The van der Waals surface area contributed by atoms with E-state index in [1.165, 1.54) is 28.6 Å². The highest BCUT2D eigenvalue weighted by Gasteiger charge is 2.54. The molecule has 3 saturated heterocycles. The van der Waals surface area contributed by atoms with Gasteiger partial charge in [0, 0.05) is 50.2 Å². The lowest BCUT2D eigenvalue weighted by Gasteiger charge is -2.48. The highest BCUT2D eigenvalue weighted by molar-refractivity contribution is 7.95. The van der Waals surface area contributed by atoms with Crippen LogP contribution in [0.5, 0.6) is 0 Å². The van der Waals surface area contributed by atoms with Gasteiger partial charge in [-0.05, 0) is 151 Å². The monoisotopic (exact) mass is 1180 g/mol. The minimum absolute atomic E-state index is 0.129. The normalized spacial score (nSPS) is 35.7. The number of carbonyl (C=O) groups excluding carboxylic acids is 1. The minimum Gasteiger partial charge on any atom is -0.461 e. The number of ether oxygens (including phenoxy) is 6. The Morgan fingerprint density at radius 3 is 1.93 bits per heavy atom. The van der Waals surface area contributed by atoms with Crippen LogP contribution in [-0.4, -0.2) is 192 Å². The Balaban J connectivity index is 1.26. The molecular formula is C67H109N3O12P+. The number of hydrogen-bond acceptors (Lipinski definition) is 15. The van der Waals surface area contributed by atoms with Gasteiger partial charge in [-0.25, -0.2) is 0 Å². The van der Waals surface area contributed by atoms with Gasteiger partial charge in [0.05, 0.1) is 65.8 Å². The minimum atomic E-state index is -2.03. The van der Waals surface area contributed by atoms with Crippen molar-refractivity contribution in [1.29, 1.82) is 0 Å². The first kappa shape index (κ1) is 69.1. The standard InChI is InChI=1S/C67H109N3O12P/c1-16-56-65(8,44-71)60(73)49(6)70(37-29-19-17-18-20-30-38-83(52-32-23-21-24-33-52,53-34-25-22-26-35-53)55-36-28-27-31-51(55)43-68(11)12)42-45(2)40-66(9,76)62(82-64-58(72)54(69(13)14)39-46(3)78-64)47(4)59(48(5)63(75)80-56)81-57-41-67(10,77-15)61(74)50(7)79-57/h21-28,31-36,45-50,54,56-62,64,71-74,76H,16-20,29-30,37-44H2,1-15H3/q+1/t45-,46-,47+,48-,49-,50+,54+,56-,57+,58-,59+,60-,61+,62-,64+,65-,66-,67-/m1/s1. The molecule has 468 valence electrons. The molecule has 0 saturated carbocycles. The largest absolute Gasteiger partial charge is 0.461 e. The molecule has 0 unspecified atom stereocenters. The maximum Gasteiger partial charge on any atom is 0.311 e. The number of likely N-dealkylation sites (N-methyl/N-ethyl adjacent to an activating group) is 1. The molecule has 0 aliphatic carbocycles. The van der Waals surface area contributed by atoms with Crippen LogP contribution in [0.15, 0.2) is 84.9 Å². The topological polar surface area (TPSA) is 183 Å². The van der Waals surface area contributed by atoms with Crippen LogP contribution >= 0.6 is 7.26 Å². The molecular weight excluding hydrogens is 1070 g/mol. The van der Waals surface area contributed by atoms with Crippen LogP contribution < -0.4 is 15.9 Å². The fourth-order valence-electron chi connectivity index (χ4n) is 14.1. The number of rotatable bonds is 22. The van der Waals surface area contributed by atoms with E-state index in [1.54, 1.807) is 34.6 Å². The molecule has 3 fully saturated rings. The summed E-state index contributed by atoms with van der Waals surface area (Å²) >= 11 is 0. The third-order valence-corrected chi connectivity index (χ3v) is 23.6. The second kappa shape index (κ2) is 30.8. The van der Waals surface area contributed by atoms with Crippen molar-refractivity contribution in [2.45, 2.75) is 225 Å². The van der Waals surface area contributed by atoms with Crippen molar-refractivity contribution in [1.82, 2.24) is 14.7 Å². The zero-order chi connectivity index (χ0) is 61.0. The number of hydrogen-bond donors (Lipinski definition) is 5. The molecule has 15 nitrogen and oxygen atoms in total. The average molecular weight is 1180 g/mol. The highest BCUT2D eigenvalue weighted by atomic mass is 31.2. The SMILES string of the molecule is CC[C@H]1OC(=O)[C@H](C)[C@@H](O[C@H]2C[C@@](C)(OC)[C@@H](O)[C@H](C)O2)[C@H](C)[C@@H](O[C@@H]2O[C@H](C)C[C@H](N(C)C)[C@H]2O)[C@](C)(O)C[C@@H](C)CN(CCCCCCCC[P+](c2ccccc2)(c2ccccc2)c2ccccc2CN(C)C)[C@H](C)[C@@H](O)[C@]1(C)CO. The molecule has 3 aliphatic rings. The Bertz CT molecular complexity index is 2370. The van der Waals surface area contributed by atoms with Gasteiger partial charge >= 0.3 is 5.97 Å². The number of nitrogens with zero attached hydrogens (tertiary/aromatic N) is 3. The van der Waals surface area contributed by atoms with Gasteiger partial charge in [-0.2, -0.15) is 0 Å². The molecule has 3 aliphatic heterocycles. The Kier molecular flexibility index (Phi) is 25.6. The fourth-order valence-corrected chi connectivity index (χ4v) is 18.8. The first-order valence-corrected chi connectivity index (χ1v) is 33.1. The summed E-state index contributed by atoms with van der Waals surface area (Å²) in [6.07, 6.45) is -0.714. The molecule has 5 N–H and O–H groups in total. The molecule has 6 rings (SSSR count). The van der Waals surface area contributed by atoms with E-state index in [-0.39, 0.29) is 30.9 Å². The predicted octanol–water partition coefficient (Wildman–Crippen LogP) is 7.91.